The molecule has 1 amide bonds. The van der Waals surface area contributed by atoms with Crippen molar-refractivity contribution in [1.29, 1.82) is 0 Å². The topological polar surface area (TPSA) is 78.9 Å². The van der Waals surface area contributed by atoms with E-state index in [1.807, 2.05) is 6.92 Å². The van der Waals surface area contributed by atoms with E-state index >= 15 is 0 Å². The van der Waals surface area contributed by atoms with Crippen LogP contribution in [0.15, 0.2) is 0 Å². The lowest BCUT2D eigenvalue weighted by Gasteiger charge is -2.24. The van der Waals surface area contributed by atoms with E-state index < -0.39 is 17.8 Å². The van der Waals surface area contributed by atoms with Gasteiger partial charge in [-0.2, -0.15) is 0 Å². The Morgan fingerprint density at radius 3 is 2.47 bits per heavy atom. The van der Waals surface area contributed by atoms with Crippen molar-refractivity contribution in [2.45, 2.75) is 32.0 Å². The van der Waals surface area contributed by atoms with E-state index in [9.17, 15) is 9.59 Å². The summed E-state index contributed by atoms with van der Waals surface area (Å²) >= 11 is 0. The summed E-state index contributed by atoms with van der Waals surface area (Å²) < 4.78 is 5.27. The molecule has 2 aliphatic rings. The van der Waals surface area contributed by atoms with Crippen LogP contribution in [0, 0.1) is 11.8 Å². The van der Waals surface area contributed by atoms with Crippen molar-refractivity contribution in [1.82, 2.24) is 5.32 Å². The van der Waals surface area contributed by atoms with Gasteiger partial charge in [-0.1, -0.05) is 0 Å². The van der Waals surface area contributed by atoms with Crippen LogP contribution in [0.25, 0.3) is 0 Å². The van der Waals surface area contributed by atoms with Crippen molar-refractivity contribution in [2.24, 2.45) is 11.8 Å². The van der Waals surface area contributed by atoms with Crippen molar-refractivity contribution in [3.63, 3.8) is 0 Å². The molecular weight excluding hydrogens is 198 g/mol. The predicted molar refractivity (Wildman–Crippen MR) is 51.2 cm³/mol. The summed E-state index contributed by atoms with van der Waals surface area (Å²) in [6, 6.07) is 0. The molecule has 1 heterocycles. The Kier molecular flexibility index (Phi) is 2.65. The Hall–Kier alpha value is -1.10. The maximum absolute atomic E-state index is 11.6. The number of ether oxygens (including phenoxy) is 1. The number of carboxylic acids is 1. The largest absolute Gasteiger partial charge is 0.481 e. The third-order valence-electron chi connectivity index (χ3n) is 3.15. The van der Waals surface area contributed by atoms with Crippen molar-refractivity contribution >= 4 is 11.9 Å². The van der Waals surface area contributed by atoms with Gasteiger partial charge in [0.05, 0.1) is 24.0 Å². The average molecular weight is 213 g/mol. The molecule has 5 heteroatoms. The molecule has 1 saturated carbocycles. The minimum absolute atomic E-state index is 0.0803. The van der Waals surface area contributed by atoms with Crippen LogP contribution in [-0.4, -0.2) is 35.7 Å². The second kappa shape index (κ2) is 3.81. The van der Waals surface area contributed by atoms with Gasteiger partial charge in [0.25, 0.3) is 0 Å². The molecule has 2 fully saturated rings. The van der Waals surface area contributed by atoms with Gasteiger partial charge in [-0.15, -0.1) is 0 Å². The summed E-state index contributed by atoms with van der Waals surface area (Å²) in [5, 5.41) is 11.7. The molecule has 2 N–H and O–H groups in total. The second-order valence-electron chi connectivity index (χ2n) is 4.13. The van der Waals surface area contributed by atoms with Gasteiger partial charge in [-0.3, -0.25) is 9.59 Å². The molecule has 0 spiro atoms. The number of carboxylic acid groups (broad SMARTS) is 1. The lowest BCUT2D eigenvalue weighted by Crippen LogP contribution is -2.41. The molecule has 2 rings (SSSR count). The van der Waals surface area contributed by atoms with Crippen molar-refractivity contribution in [3.05, 3.63) is 0 Å². The Balaban J connectivity index is 2.05. The molecule has 0 radical (unpaired) electrons. The lowest BCUT2D eigenvalue weighted by atomic mass is 9.79. The Labute approximate surface area is 87.8 Å². The van der Waals surface area contributed by atoms with Crippen molar-refractivity contribution < 1.29 is 19.4 Å². The van der Waals surface area contributed by atoms with Crippen molar-refractivity contribution in [3.8, 4) is 0 Å². The smallest absolute Gasteiger partial charge is 0.307 e. The number of fused-ring (bicyclic) bond motifs is 1. The van der Waals surface area contributed by atoms with E-state index in [4.69, 9.17) is 9.84 Å². The molecule has 1 aliphatic carbocycles. The summed E-state index contributed by atoms with van der Waals surface area (Å²) in [4.78, 5) is 22.6. The first-order valence-corrected chi connectivity index (χ1v) is 5.29. The van der Waals surface area contributed by atoms with Crippen LogP contribution in [0.3, 0.4) is 0 Å². The lowest BCUT2D eigenvalue weighted by molar-refractivity contribution is -0.148. The van der Waals surface area contributed by atoms with E-state index in [0.717, 1.165) is 0 Å². The van der Waals surface area contributed by atoms with Gasteiger partial charge < -0.3 is 15.2 Å². The SMILES string of the molecule is CCNC(=O)C1CC2OC2CC1C(=O)O. The van der Waals surface area contributed by atoms with Gasteiger partial charge in [0.1, 0.15) is 0 Å². The van der Waals surface area contributed by atoms with Crippen LogP contribution in [0.5, 0.6) is 0 Å². The molecule has 0 aromatic heterocycles. The fraction of sp³-hybridized carbons (Fsp3) is 0.800. The van der Waals surface area contributed by atoms with Crippen LogP contribution in [-0.2, 0) is 14.3 Å². The van der Waals surface area contributed by atoms with Gasteiger partial charge in [0.15, 0.2) is 0 Å². The zero-order chi connectivity index (χ0) is 11.0. The summed E-state index contributed by atoms with van der Waals surface area (Å²) in [5.74, 6) is -2.05. The maximum Gasteiger partial charge on any atom is 0.307 e. The number of epoxide rings is 1. The van der Waals surface area contributed by atoms with Gasteiger partial charge in [0.2, 0.25) is 5.91 Å². The van der Waals surface area contributed by atoms with Crippen LogP contribution in [0.2, 0.25) is 0 Å². The number of carbonyl (C=O) groups excluding carboxylic acids is 1. The van der Waals surface area contributed by atoms with E-state index in [1.165, 1.54) is 0 Å². The standard InChI is InChI=1S/C10H15NO4/c1-2-11-9(12)5-3-7-8(15-7)4-6(5)10(13)14/h5-8H,2-4H2,1H3,(H,11,12)(H,13,14). The predicted octanol–water partition coefficient (Wildman–Crippen LogP) is 0.000700. The number of nitrogens with one attached hydrogen (secondary N) is 1. The first-order valence-electron chi connectivity index (χ1n) is 5.29. The number of hydrogen-bond donors (Lipinski definition) is 2. The third kappa shape index (κ3) is 1.97. The van der Waals surface area contributed by atoms with Gasteiger partial charge in [0, 0.05) is 6.54 Å². The molecule has 0 aromatic rings. The third-order valence-corrected chi connectivity index (χ3v) is 3.15. The van der Waals surface area contributed by atoms with Crippen LogP contribution in [0.4, 0.5) is 0 Å². The fourth-order valence-corrected chi connectivity index (χ4v) is 2.29. The Morgan fingerprint density at radius 1 is 1.33 bits per heavy atom. The molecule has 1 saturated heterocycles. The molecule has 0 aromatic carbocycles. The second-order valence-corrected chi connectivity index (χ2v) is 4.13. The normalized spacial score (nSPS) is 37.9. The zero-order valence-electron chi connectivity index (χ0n) is 8.60. The highest BCUT2D eigenvalue weighted by molar-refractivity contribution is 5.85. The molecule has 4 unspecified atom stereocenters. The van der Waals surface area contributed by atoms with Crippen LogP contribution >= 0.6 is 0 Å². The van der Waals surface area contributed by atoms with E-state index in [0.29, 0.717) is 19.4 Å². The minimum atomic E-state index is -0.889. The number of carbonyl (C=O) groups is 2. The van der Waals surface area contributed by atoms with E-state index in [1.54, 1.807) is 0 Å². The maximum atomic E-state index is 11.6. The monoisotopic (exact) mass is 213 g/mol. The van der Waals surface area contributed by atoms with Gasteiger partial charge in [-0.25, -0.2) is 0 Å². The van der Waals surface area contributed by atoms with E-state index in [2.05, 4.69) is 5.32 Å². The molecular formula is C10H15NO4. The fourth-order valence-electron chi connectivity index (χ4n) is 2.29. The summed E-state index contributed by atoms with van der Waals surface area (Å²) in [5.41, 5.74) is 0. The number of hydrogen-bond acceptors (Lipinski definition) is 3. The summed E-state index contributed by atoms with van der Waals surface area (Å²) in [7, 11) is 0. The van der Waals surface area contributed by atoms with Crippen molar-refractivity contribution in [2.75, 3.05) is 6.54 Å². The highest BCUT2D eigenvalue weighted by Gasteiger charge is 2.52. The van der Waals surface area contributed by atoms with Gasteiger partial charge >= 0.3 is 5.97 Å². The number of rotatable bonds is 3. The average Bonchev–Trinajstić information content (AvgIpc) is 2.93. The number of aliphatic carboxylic acids is 1. The minimum Gasteiger partial charge on any atom is -0.481 e. The van der Waals surface area contributed by atoms with Crippen LogP contribution in [0.1, 0.15) is 19.8 Å². The first-order chi connectivity index (χ1) is 7.13. The first kappa shape index (κ1) is 10.4. The molecule has 1 aliphatic heterocycles. The summed E-state index contributed by atoms with van der Waals surface area (Å²) in [6.07, 6.45) is 1.22. The highest BCUT2D eigenvalue weighted by atomic mass is 16.6. The van der Waals surface area contributed by atoms with E-state index in [-0.39, 0.29) is 18.1 Å². The molecule has 5 nitrogen and oxygen atoms in total. The zero-order valence-corrected chi connectivity index (χ0v) is 8.60. The molecule has 0 bridgehead atoms. The van der Waals surface area contributed by atoms with Crippen LogP contribution < -0.4 is 5.32 Å². The summed E-state index contributed by atoms with van der Waals surface area (Å²) in [6.45, 7) is 2.36. The number of amides is 1. The molecule has 84 valence electrons. The highest BCUT2D eigenvalue weighted by Crippen LogP contribution is 2.42. The molecule has 4 atom stereocenters. The molecule has 15 heavy (non-hydrogen) atoms. The Morgan fingerprint density at radius 2 is 1.93 bits per heavy atom. The van der Waals surface area contributed by atoms with Gasteiger partial charge in [-0.05, 0) is 19.8 Å². The Bertz CT molecular complexity index is 291. The quantitative estimate of drug-likeness (QED) is 0.647.